The van der Waals surface area contributed by atoms with E-state index in [1.54, 1.807) is 6.92 Å². The zero-order valence-corrected chi connectivity index (χ0v) is 12.8. The molecule has 4 N–H and O–H groups in total. The minimum absolute atomic E-state index is 0.0633. The van der Waals surface area contributed by atoms with E-state index in [-0.39, 0.29) is 34.3 Å². The molecule has 1 heterocycles. The first-order valence-corrected chi connectivity index (χ1v) is 8.70. The molecule has 9 heteroatoms. The van der Waals surface area contributed by atoms with E-state index in [0.717, 1.165) is 17.6 Å². The Morgan fingerprint density at radius 3 is 2.65 bits per heavy atom. The Balaban J connectivity index is 2.95. The summed E-state index contributed by atoms with van der Waals surface area (Å²) in [5.74, 6) is -0.408. The molecule has 0 fully saturated rings. The lowest BCUT2D eigenvalue weighted by Gasteiger charge is -2.02. The Hall–Kier alpha value is -1.79. The van der Waals surface area contributed by atoms with Crippen molar-refractivity contribution in [2.24, 2.45) is 0 Å². The molecular weight excluding hydrogens is 300 g/mol. The number of thiophene rings is 1. The van der Waals surface area contributed by atoms with Crippen molar-refractivity contribution < 1.29 is 13.2 Å². The summed E-state index contributed by atoms with van der Waals surface area (Å²) in [5, 5.41) is 14.9. The Bertz CT molecular complexity index is 643. The summed E-state index contributed by atoms with van der Waals surface area (Å²) in [6, 6.07) is 1.92. The summed E-state index contributed by atoms with van der Waals surface area (Å²) >= 11 is 1.04. The average Bonchev–Trinajstić information content (AvgIpc) is 2.64. The van der Waals surface area contributed by atoms with E-state index < -0.39 is 9.84 Å². The zero-order chi connectivity index (χ0) is 15.3. The Labute approximate surface area is 121 Å². The molecule has 0 atom stereocenters. The molecule has 110 valence electrons. The van der Waals surface area contributed by atoms with Crippen molar-refractivity contribution in [3.8, 4) is 6.07 Å². The molecule has 20 heavy (non-hydrogen) atoms. The van der Waals surface area contributed by atoms with Gasteiger partial charge in [0.2, 0.25) is 0 Å². The van der Waals surface area contributed by atoms with Gasteiger partial charge in [0.1, 0.15) is 31.3 Å². The fraction of sp³-hybridized carbons (Fsp3) is 0.455. The zero-order valence-electron chi connectivity index (χ0n) is 11.2. The molecule has 0 aromatic carbocycles. The van der Waals surface area contributed by atoms with E-state index in [0.29, 0.717) is 11.5 Å². The highest BCUT2D eigenvalue weighted by Gasteiger charge is 2.20. The third kappa shape index (κ3) is 4.11. The lowest BCUT2D eigenvalue weighted by molar-refractivity contribution is 0.0960. The van der Waals surface area contributed by atoms with Gasteiger partial charge >= 0.3 is 0 Å². The number of nitrogens with zero attached hydrogens (tertiary/aromatic N) is 1. The smallest absolute Gasteiger partial charge is 0.263 e. The number of carbonyl (C=O) groups is 1. The summed E-state index contributed by atoms with van der Waals surface area (Å²) in [6.07, 6.45) is 1.13. The molecule has 1 aromatic heterocycles. The van der Waals surface area contributed by atoms with Crippen LogP contribution in [0.1, 0.15) is 22.2 Å². The molecule has 7 nitrogen and oxygen atoms in total. The van der Waals surface area contributed by atoms with Crippen molar-refractivity contribution in [3.05, 3.63) is 10.4 Å². The molecule has 1 rings (SSSR count). The molecule has 0 aliphatic carbocycles. The molecule has 0 saturated carbocycles. The van der Waals surface area contributed by atoms with Gasteiger partial charge in [-0.3, -0.25) is 4.79 Å². The second-order valence-electron chi connectivity index (χ2n) is 4.08. The molecule has 1 amide bonds. The number of nitrogens with two attached hydrogens (primary N) is 1. The summed E-state index contributed by atoms with van der Waals surface area (Å²) in [5.41, 5.74) is 6.06. The fourth-order valence-corrected chi connectivity index (χ4v) is 2.92. The van der Waals surface area contributed by atoms with Crippen molar-refractivity contribution >= 4 is 37.8 Å². The maximum atomic E-state index is 11.8. The highest BCUT2D eigenvalue weighted by atomic mass is 32.2. The second-order valence-corrected chi connectivity index (χ2v) is 7.36. The maximum absolute atomic E-state index is 11.8. The third-order valence-electron chi connectivity index (χ3n) is 2.36. The molecule has 0 radical (unpaired) electrons. The number of nitrogens with one attached hydrogen (secondary N) is 2. The van der Waals surface area contributed by atoms with Crippen LogP contribution in [-0.2, 0) is 9.84 Å². The van der Waals surface area contributed by atoms with Gasteiger partial charge in [-0.25, -0.2) is 8.42 Å². The first-order chi connectivity index (χ1) is 9.30. The van der Waals surface area contributed by atoms with Crippen LogP contribution in [0.3, 0.4) is 0 Å². The maximum Gasteiger partial charge on any atom is 0.263 e. The predicted octanol–water partition coefficient (Wildman–Crippen LogP) is 0.408. The van der Waals surface area contributed by atoms with Gasteiger partial charge in [-0.1, -0.05) is 0 Å². The van der Waals surface area contributed by atoms with Crippen molar-refractivity contribution in [1.82, 2.24) is 5.32 Å². The monoisotopic (exact) mass is 316 g/mol. The van der Waals surface area contributed by atoms with Crippen LogP contribution in [0.25, 0.3) is 0 Å². The van der Waals surface area contributed by atoms with Gasteiger partial charge in [-0.2, -0.15) is 5.26 Å². The van der Waals surface area contributed by atoms with E-state index in [1.807, 2.05) is 6.07 Å². The molecule has 0 saturated heterocycles. The number of hydrogen-bond donors (Lipinski definition) is 3. The Morgan fingerprint density at radius 2 is 2.15 bits per heavy atom. The van der Waals surface area contributed by atoms with Crippen molar-refractivity contribution in [1.29, 1.82) is 5.26 Å². The van der Waals surface area contributed by atoms with Crippen LogP contribution in [0, 0.1) is 11.3 Å². The number of nitrogen functional groups attached to an aromatic ring is 1. The van der Waals surface area contributed by atoms with Crippen molar-refractivity contribution in [2.75, 3.05) is 36.1 Å². The van der Waals surface area contributed by atoms with E-state index in [9.17, 15) is 13.2 Å². The van der Waals surface area contributed by atoms with Crippen LogP contribution in [0.4, 0.5) is 10.7 Å². The largest absolute Gasteiger partial charge is 0.396 e. The quantitative estimate of drug-likeness (QED) is 0.698. The fourth-order valence-electron chi connectivity index (χ4n) is 1.44. The van der Waals surface area contributed by atoms with Gasteiger partial charge < -0.3 is 16.4 Å². The molecule has 1 aromatic rings. The van der Waals surface area contributed by atoms with Gasteiger partial charge in [-0.05, 0) is 6.92 Å². The number of hydrogen-bond acceptors (Lipinski definition) is 7. The molecule has 0 spiro atoms. The molecule has 0 aliphatic rings. The first kappa shape index (κ1) is 16.3. The first-order valence-electron chi connectivity index (χ1n) is 5.82. The van der Waals surface area contributed by atoms with Crippen molar-refractivity contribution in [3.63, 3.8) is 0 Å². The SMILES string of the molecule is CCNC(=O)c1sc(NCCS(C)(=O)=O)c(C#N)c1N. The van der Waals surface area contributed by atoms with Gasteiger partial charge in [-0.15, -0.1) is 11.3 Å². The molecule has 0 unspecified atom stereocenters. The van der Waals surface area contributed by atoms with Crippen LogP contribution in [0.2, 0.25) is 0 Å². The van der Waals surface area contributed by atoms with Crippen LogP contribution >= 0.6 is 11.3 Å². The van der Waals surface area contributed by atoms with Gasteiger partial charge in [0.25, 0.3) is 5.91 Å². The number of carbonyl (C=O) groups excluding carboxylic acids is 1. The minimum Gasteiger partial charge on any atom is -0.396 e. The van der Waals surface area contributed by atoms with E-state index in [1.165, 1.54) is 0 Å². The molecule has 0 aliphatic heterocycles. The van der Waals surface area contributed by atoms with E-state index in [2.05, 4.69) is 10.6 Å². The van der Waals surface area contributed by atoms with E-state index in [4.69, 9.17) is 11.0 Å². The average molecular weight is 316 g/mol. The van der Waals surface area contributed by atoms with Gasteiger partial charge in [0, 0.05) is 19.3 Å². The summed E-state index contributed by atoms with van der Waals surface area (Å²) in [4.78, 5) is 12.0. The second kappa shape index (κ2) is 6.58. The third-order valence-corrected chi connectivity index (χ3v) is 4.47. The summed E-state index contributed by atoms with van der Waals surface area (Å²) in [7, 11) is -3.09. The highest BCUT2D eigenvalue weighted by Crippen LogP contribution is 2.34. The van der Waals surface area contributed by atoms with Gasteiger partial charge in [0.15, 0.2) is 0 Å². The summed E-state index contributed by atoms with van der Waals surface area (Å²) in [6.45, 7) is 2.38. The Morgan fingerprint density at radius 1 is 1.50 bits per heavy atom. The number of nitriles is 1. The topological polar surface area (TPSA) is 125 Å². The minimum atomic E-state index is -3.09. The van der Waals surface area contributed by atoms with E-state index >= 15 is 0 Å². The lowest BCUT2D eigenvalue weighted by Crippen LogP contribution is -2.22. The highest BCUT2D eigenvalue weighted by molar-refractivity contribution is 7.90. The lowest BCUT2D eigenvalue weighted by atomic mass is 10.2. The van der Waals surface area contributed by atoms with Crippen LogP contribution in [0.5, 0.6) is 0 Å². The normalized spacial score (nSPS) is 10.8. The number of amides is 1. The number of sulfone groups is 1. The number of anilines is 2. The molecule has 0 bridgehead atoms. The van der Waals surface area contributed by atoms with Crippen LogP contribution < -0.4 is 16.4 Å². The number of rotatable bonds is 6. The predicted molar refractivity (Wildman–Crippen MR) is 79.7 cm³/mol. The van der Waals surface area contributed by atoms with Gasteiger partial charge in [0.05, 0.1) is 11.4 Å². The Kier molecular flexibility index (Phi) is 5.35. The van der Waals surface area contributed by atoms with Crippen molar-refractivity contribution in [2.45, 2.75) is 6.92 Å². The van der Waals surface area contributed by atoms with Crippen LogP contribution in [0.15, 0.2) is 0 Å². The standard InChI is InChI=1S/C11H16N4O3S2/c1-3-14-10(16)9-8(13)7(6-12)11(19-9)15-4-5-20(2,17)18/h15H,3-5,13H2,1-2H3,(H,14,16). The van der Waals surface area contributed by atoms with Crippen LogP contribution in [-0.4, -0.2) is 39.4 Å². The molecular formula is C11H16N4O3S2. The summed E-state index contributed by atoms with van der Waals surface area (Å²) < 4.78 is 22.1.